The third-order valence-electron chi connectivity index (χ3n) is 5.46. The van der Waals surface area contributed by atoms with Crippen LogP contribution in [0.5, 0.6) is 0 Å². The topological polar surface area (TPSA) is 110 Å². The summed E-state index contributed by atoms with van der Waals surface area (Å²) in [6.45, 7) is 3.94. The zero-order chi connectivity index (χ0) is 25.7. The lowest BCUT2D eigenvalue weighted by Crippen LogP contribution is -2.46. The number of aryl methyl sites for hydroxylation is 1. The van der Waals surface area contributed by atoms with Crippen LogP contribution in [-0.2, 0) is 26.1 Å². The summed E-state index contributed by atoms with van der Waals surface area (Å²) in [5.74, 6) is -0.537. The van der Waals surface area contributed by atoms with Gasteiger partial charge in [0, 0.05) is 40.9 Å². The fourth-order valence-electron chi connectivity index (χ4n) is 3.55. The van der Waals surface area contributed by atoms with Crippen molar-refractivity contribution in [3.8, 4) is 10.6 Å². The van der Waals surface area contributed by atoms with E-state index in [1.54, 1.807) is 49.6 Å². The molecule has 0 aliphatic rings. The minimum atomic E-state index is -3.87. The van der Waals surface area contributed by atoms with E-state index in [1.165, 1.54) is 17.4 Å². The van der Waals surface area contributed by atoms with E-state index in [-0.39, 0.29) is 18.0 Å². The number of carbonyl (C=O) groups excluding carboxylic acids is 1. The van der Waals surface area contributed by atoms with E-state index in [4.69, 9.17) is 16.3 Å². The van der Waals surface area contributed by atoms with Gasteiger partial charge in [-0.2, -0.15) is 0 Å². The van der Waals surface area contributed by atoms with Gasteiger partial charge in [0.05, 0.1) is 17.2 Å². The van der Waals surface area contributed by atoms with E-state index in [9.17, 15) is 13.2 Å². The molecule has 4 rings (SSSR count). The maximum Gasteiger partial charge on any atom is 0.324 e. The van der Waals surface area contributed by atoms with Crippen LogP contribution in [0.4, 0.5) is 0 Å². The third-order valence-corrected chi connectivity index (χ3v) is 8.32. The summed E-state index contributed by atoms with van der Waals surface area (Å²) in [5, 5.41) is 6.12. The molecule has 0 bridgehead atoms. The number of pyridine rings is 1. The van der Waals surface area contributed by atoms with Crippen LogP contribution in [0.1, 0.15) is 17.5 Å². The maximum absolute atomic E-state index is 13.0. The van der Waals surface area contributed by atoms with Crippen LogP contribution in [-0.4, -0.2) is 43.5 Å². The predicted molar refractivity (Wildman–Crippen MR) is 141 cm³/mol. The van der Waals surface area contributed by atoms with Crippen molar-refractivity contribution >= 4 is 49.7 Å². The van der Waals surface area contributed by atoms with Gasteiger partial charge in [0.1, 0.15) is 11.0 Å². The largest absolute Gasteiger partial charge is 0.465 e. The molecular formula is C25H25ClN4O4S2. The number of nitrogens with zero attached hydrogens (tertiary/aromatic N) is 2. The third kappa shape index (κ3) is 6.26. The molecule has 0 saturated heterocycles. The highest BCUT2D eigenvalue weighted by Crippen LogP contribution is 2.27. The molecule has 36 heavy (non-hydrogen) atoms. The highest BCUT2D eigenvalue weighted by atomic mass is 35.5. The van der Waals surface area contributed by atoms with Gasteiger partial charge in [0.2, 0.25) is 10.0 Å². The molecule has 2 heterocycles. The number of thiazole rings is 1. The molecule has 1 unspecified atom stereocenters. The van der Waals surface area contributed by atoms with Gasteiger partial charge in [-0.25, -0.2) is 18.1 Å². The average Bonchev–Trinajstić information content (AvgIpc) is 3.24. The number of carbonyl (C=O) groups is 1. The molecule has 188 valence electrons. The Labute approximate surface area is 218 Å². The van der Waals surface area contributed by atoms with E-state index >= 15 is 0 Å². The first-order valence-electron chi connectivity index (χ1n) is 11.2. The summed E-state index contributed by atoms with van der Waals surface area (Å²) in [5.41, 5.74) is 1.79. The number of esters is 1. The molecule has 0 spiro atoms. The molecule has 4 aromatic rings. The molecule has 0 radical (unpaired) electrons. The Hall–Kier alpha value is -2.89. The van der Waals surface area contributed by atoms with Crippen molar-refractivity contribution in [3.05, 3.63) is 76.5 Å². The monoisotopic (exact) mass is 544 g/mol. The fraction of sp³-hybridized carbons (Fsp3) is 0.240. The van der Waals surface area contributed by atoms with Crippen molar-refractivity contribution in [2.75, 3.05) is 13.2 Å². The van der Waals surface area contributed by atoms with E-state index in [0.29, 0.717) is 11.6 Å². The van der Waals surface area contributed by atoms with Gasteiger partial charge in [-0.1, -0.05) is 23.7 Å². The lowest BCUT2D eigenvalue weighted by Gasteiger charge is -2.18. The first-order valence-corrected chi connectivity index (χ1v) is 13.9. The van der Waals surface area contributed by atoms with Gasteiger partial charge in [-0.15, -0.1) is 11.3 Å². The number of nitrogens with one attached hydrogen (secondary N) is 2. The standard InChI is InChI=1S/C25H25ClN4O4S2/c1-3-34-25(31)22(28-15-23-16(2)30-24(35-23)17-8-10-27-11-9-17)14-29-36(32,33)21-7-5-18-12-20(26)6-4-19(18)13-21/h4-13,22,28-29H,3,14-15H2,1-2H3. The Balaban J connectivity index is 1.47. The summed E-state index contributed by atoms with van der Waals surface area (Å²) < 4.78 is 33.7. The van der Waals surface area contributed by atoms with E-state index in [1.807, 2.05) is 19.1 Å². The molecule has 0 amide bonds. The van der Waals surface area contributed by atoms with Crippen molar-refractivity contribution in [1.29, 1.82) is 0 Å². The van der Waals surface area contributed by atoms with Gasteiger partial charge in [0.25, 0.3) is 0 Å². The van der Waals surface area contributed by atoms with Gasteiger partial charge in [0.15, 0.2) is 0 Å². The molecule has 0 fully saturated rings. The number of rotatable bonds is 10. The Morgan fingerprint density at radius 1 is 1.11 bits per heavy atom. The molecule has 2 aromatic heterocycles. The SMILES string of the molecule is CCOC(=O)C(CNS(=O)(=O)c1ccc2cc(Cl)ccc2c1)NCc1sc(-c2ccncc2)nc1C. The number of sulfonamides is 1. The number of benzene rings is 2. The minimum absolute atomic E-state index is 0.0974. The second-order valence-corrected chi connectivity index (χ2v) is 11.2. The Morgan fingerprint density at radius 2 is 1.83 bits per heavy atom. The molecule has 2 N–H and O–H groups in total. The van der Waals surface area contributed by atoms with Crippen molar-refractivity contribution in [1.82, 2.24) is 20.0 Å². The van der Waals surface area contributed by atoms with Crippen LogP contribution in [0.3, 0.4) is 0 Å². The number of ether oxygens (including phenoxy) is 1. The van der Waals surface area contributed by atoms with Gasteiger partial charge in [-0.3, -0.25) is 15.1 Å². The van der Waals surface area contributed by atoms with Crippen LogP contribution in [0.2, 0.25) is 5.02 Å². The van der Waals surface area contributed by atoms with Gasteiger partial charge >= 0.3 is 5.97 Å². The molecular weight excluding hydrogens is 520 g/mol. The van der Waals surface area contributed by atoms with E-state index < -0.39 is 22.0 Å². The summed E-state index contributed by atoms with van der Waals surface area (Å²) in [4.78, 5) is 22.3. The maximum atomic E-state index is 13.0. The lowest BCUT2D eigenvalue weighted by atomic mass is 10.1. The van der Waals surface area contributed by atoms with Crippen LogP contribution >= 0.6 is 22.9 Å². The molecule has 8 nitrogen and oxygen atoms in total. The number of fused-ring (bicyclic) bond motifs is 1. The molecule has 0 aliphatic carbocycles. The smallest absolute Gasteiger partial charge is 0.324 e. The fourth-order valence-corrected chi connectivity index (χ4v) is 5.83. The molecule has 1 atom stereocenters. The first kappa shape index (κ1) is 26.2. The van der Waals surface area contributed by atoms with Crippen molar-refractivity contribution in [2.24, 2.45) is 0 Å². The Kier molecular flexibility index (Phi) is 8.32. The van der Waals surface area contributed by atoms with Crippen LogP contribution < -0.4 is 10.0 Å². The van der Waals surface area contributed by atoms with E-state index in [0.717, 1.165) is 31.9 Å². The summed E-state index contributed by atoms with van der Waals surface area (Å²) in [6.07, 6.45) is 3.41. The zero-order valence-corrected chi connectivity index (χ0v) is 22.1. The average molecular weight is 545 g/mol. The Bertz CT molecular complexity index is 1480. The minimum Gasteiger partial charge on any atom is -0.465 e. The number of hydrogen-bond donors (Lipinski definition) is 2. The summed E-state index contributed by atoms with van der Waals surface area (Å²) in [7, 11) is -3.87. The lowest BCUT2D eigenvalue weighted by molar-refractivity contribution is -0.145. The van der Waals surface area contributed by atoms with Crippen LogP contribution in [0.25, 0.3) is 21.3 Å². The van der Waals surface area contributed by atoms with Gasteiger partial charge in [-0.05, 0) is 61.0 Å². The highest BCUT2D eigenvalue weighted by molar-refractivity contribution is 7.89. The van der Waals surface area contributed by atoms with Crippen molar-refractivity contribution < 1.29 is 17.9 Å². The molecule has 2 aromatic carbocycles. The summed E-state index contributed by atoms with van der Waals surface area (Å²) >= 11 is 7.52. The molecule has 0 saturated carbocycles. The number of aromatic nitrogens is 2. The molecule has 11 heteroatoms. The molecule has 0 aliphatic heterocycles. The second-order valence-electron chi connectivity index (χ2n) is 7.95. The Morgan fingerprint density at radius 3 is 2.58 bits per heavy atom. The van der Waals surface area contributed by atoms with Gasteiger partial charge < -0.3 is 4.74 Å². The predicted octanol–water partition coefficient (Wildman–Crippen LogP) is 4.32. The number of hydrogen-bond acceptors (Lipinski definition) is 8. The first-order chi connectivity index (χ1) is 17.3. The van der Waals surface area contributed by atoms with Crippen molar-refractivity contribution in [3.63, 3.8) is 0 Å². The highest BCUT2D eigenvalue weighted by Gasteiger charge is 2.24. The number of halogens is 1. The van der Waals surface area contributed by atoms with Crippen LogP contribution in [0, 0.1) is 6.92 Å². The quantitative estimate of drug-likeness (QED) is 0.286. The van der Waals surface area contributed by atoms with E-state index in [2.05, 4.69) is 20.0 Å². The zero-order valence-electron chi connectivity index (χ0n) is 19.7. The summed E-state index contributed by atoms with van der Waals surface area (Å²) in [6, 6.07) is 12.9. The normalized spacial score (nSPS) is 12.5. The van der Waals surface area contributed by atoms with Crippen LogP contribution in [0.15, 0.2) is 65.8 Å². The van der Waals surface area contributed by atoms with Crippen molar-refractivity contribution in [2.45, 2.75) is 31.3 Å². The second kappa shape index (κ2) is 11.4.